The molecule has 0 aliphatic rings. The monoisotopic (exact) mass is 1450 g/mol. The Bertz CT molecular complexity index is 1890. The second-order valence-electron chi connectivity index (χ2n) is 29.3. The lowest BCUT2D eigenvalue weighted by Crippen LogP contribution is -2.30. The van der Waals surface area contributed by atoms with Gasteiger partial charge in [0.1, 0.15) is 19.3 Å². The molecule has 0 aromatic carbocycles. The van der Waals surface area contributed by atoms with Crippen molar-refractivity contribution in [3.63, 3.8) is 0 Å². The minimum Gasteiger partial charge on any atom is -0.462 e. The number of phosphoric ester groups is 2. The van der Waals surface area contributed by atoms with E-state index in [1.165, 1.54) is 244 Å². The predicted octanol–water partition coefficient (Wildman–Crippen LogP) is 24.0. The third kappa shape index (κ3) is 74.1. The average Bonchev–Trinajstić information content (AvgIpc) is 1.08. The number of aliphatic hydroxyl groups is 1. The summed E-state index contributed by atoms with van der Waals surface area (Å²) in [6, 6.07) is 0. The third-order valence-electron chi connectivity index (χ3n) is 18.8. The zero-order valence-corrected chi connectivity index (χ0v) is 66.4. The lowest BCUT2D eigenvalue weighted by atomic mass is 10.0. The van der Waals surface area contributed by atoms with Crippen LogP contribution in [0.5, 0.6) is 0 Å². The third-order valence-corrected chi connectivity index (χ3v) is 20.7. The van der Waals surface area contributed by atoms with Gasteiger partial charge in [-0.3, -0.25) is 37.3 Å². The summed E-state index contributed by atoms with van der Waals surface area (Å²) in [5.41, 5.74) is 0. The van der Waals surface area contributed by atoms with Crippen LogP contribution in [-0.2, 0) is 65.4 Å². The minimum atomic E-state index is -4.96. The summed E-state index contributed by atoms with van der Waals surface area (Å²) in [4.78, 5) is 72.9. The fourth-order valence-electron chi connectivity index (χ4n) is 12.4. The van der Waals surface area contributed by atoms with Gasteiger partial charge in [0, 0.05) is 25.7 Å². The topological polar surface area (TPSA) is 237 Å². The fraction of sp³-hybridized carbons (Fsp3) is 0.950. The van der Waals surface area contributed by atoms with Crippen molar-refractivity contribution in [2.45, 2.75) is 445 Å². The molecule has 99 heavy (non-hydrogen) atoms. The Morgan fingerprint density at radius 3 is 0.687 bits per heavy atom. The quantitative estimate of drug-likeness (QED) is 0.0222. The highest BCUT2D eigenvalue weighted by atomic mass is 31.2. The average molecular weight is 1450 g/mol. The van der Waals surface area contributed by atoms with E-state index in [2.05, 4.69) is 34.6 Å². The molecule has 19 heteroatoms. The Morgan fingerprint density at radius 1 is 0.273 bits per heavy atom. The highest BCUT2D eigenvalue weighted by Crippen LogP contribution is 2.45. The van der Waals surface area contributed by atoms with E-state index in [-0.39, 0.29) is 25.7 Å². The normalized spacial score (nSPS) is 13.9. The number of hydrogen-bond acceptors (Lipinski definition) is 15. The van der Waals surface area contributed by atoms with Gasteiger partial charge in [-0.15, -0.1) is 0 Å². The molecule has 0 rings (SSSR count). The Labute approximate surface area is 607 Å². The first-order valence-corrected chi connectivity index (χ1v) is 44.6. The van der Waals surface area contributed by atoms with Gasteiger partial charge in [-0.1, -0.05) is 375 Å². The van der Waals surface area contributed by atoms with Crippen molar-refractivity contribution in [3.05, 3.63) is 0 Å². The summed E-state index contributed by atoms with van der Waals surface area (Å²) >= 11 is 0. The van der Waals surface area contributed by atoms with Gasteiger partial charge in [0.25, 0.3) is 0 Å². The van der Waals surface area contributed by atoms with Gasteiger partial charge in [0.05, 0.1) is 26.4 Å². The van der Waals surface area contributed by atoms with E-state index in [1.54, 1.807) is 0 Å². The number of phosphoric acid groups is 2. The van der Waals surface area contributed by atoms with Gasteiger partial charge in [0.2, 0.25) is 0 Å². The molecule has 0 bridgehead atoms. The maximum Gasteiger partial charge on any atom is 0.472 e. The molecule has 0 aliphatic heterocycles. The SMILES string of the molecule is CCCCCCCCCCCCCCCCCCCCCCCC(=O)O[C@H](COC(=O)CCCCCCCCCCCCCCCCCCC)COP(=O)(O)OC[C@@H](O)COP(=O)(O)OC[C@@H](COC(=O)CCCCCCCCC(C)C)OC(=O)CCCCCCCCCCCCCC. The summed E-state index contributed by atoms with van der Waals surface area (Å²) in [7, 11) is -9.91. The molecular formula is C80H156O17P2. The van der Waals surface area contributed by atoms with Crippen LogP contribution in [0.25, 0.3) is 0 Å². The van der Waals surface area contributed by atoms with Gasteiger partial charge in [-0.05, 0) is 31.6 Å². The van der Waals surface area contributed by atoms with Gasteiger partial charge in [-0.25, -0.2) is 9.13 Å². The van der Waals surface area contributed by atoms with Crippen molar-refractivity contribution >= 4 is 39.5 Å². The molecular weight excluding hydrogens is 1290 g/mol. The summed E-state index contributed by atoms with van der Waals surface area (Å²) in [5, 5.41) is 10.6. The number of esters is 4. The first-order chi connectivity index (χ1) is 48.0. The number of aliphatic hydroxyl groups excluding tert-OH is 1. The summed E-state index contributed by atoms with van der Waals surface area (Å²) in [6.07, 6.45) is 64.1. The van der Waals surface area contributed by atoms with Crippen molar-refractivity contribution in [1.82, 2.24) is 0 Å². The molecule has 0 aromatic rings. The maximum atomic E-state index is 13.1. The number of carbonyl (C=O) groups excluding carboxylic acids is 4. The lowest BCUT2D eigenvalue weighted by molar-refractivity contribution is -0.161. The molecule has 0 spiro atoms. The minimum absolute atomic E-state index is 0.107. The number of ether oxygens (including phenoxy) is 4. The fourth-order valence-corrected chi connectivity index (χ4v) is 14.0. The van der Waals surface area contributed by atoms with E-state index in [9.17, 15) is 43.2 Å². The number of hydrogen-bond donors (Lipinski definition) is 3. The van der Waals surface area contributed by atoms with Gasteiger partial charge in [0.15, 0.2) is 12.2 Å². The smallest absolute Gasteiger partial charge is 0.462 e. The van der Waals surface area contributed by atoms with Gasteiger partial charge >= 0.3 is 39.5 Å². The Kier molecular flexibility index (Phi) is 71.6. The molecule has 0 amide bonds. The van der Waals surface area contributed by atoms with Gasteiger partial charge < -0.3 is 33.8 Å². The van der Waals surface area contributed by atoms with Gasteiger partial charge in [-0.2, -0.15) is 0 Å². The van der Waals surface area contributed by atoms with Crippen LogP contribution in [0.15, 0.2) is 0 Å². The molecule has 2 unspecified atom stereocenters. The van der Waals surface area contributed by atoms with Crippen molar-refractivity contribution in [2.24, 2.45) is 5.92 Å². The zero-order chi connectivity index (χ0) is 72.7. The largest absolute Gasteiger partial charge is 0.472 e. The Balaban J connectivity index is 5.20. The summed E-state index contributed by atoms with van der Waals surface area (Å²) in [6.45, 7) is 7.23. The van der Waals surface area contributed by atoms with Crippen LogP contribution in [0.2, 0.25) is 0 Å². The molecule has 17 nitrogen and oxygen atoms in total. The molecule has 588 valence electrons. The highest BCUT2D eigenvalue weighted by Gasteiger charge is 2.30. The van der Waals surface area contributed by atoms with E-state index in [0.717, 1.165) is 96.3 Å². The van der Waals surface area contributed by atoms with Crippen molar-refractivity contribution in [1.29, 1.82) is 0 Å². The van der Waals surface area contributed by atoms with Crippen LogP contribution in [-0.4, -0.2) is 96.7 Å². The van der Waals surface area contributed by atoms with Crippen LogP contribution in [0.3, 0.4) is 0 Å². The molecule has 3 N–H and O–H groups in total. The van der Waals surface area contributed by atoms with Crippen molar-refractivity contribution in [3.8, 4) is 0 Å². The van der Waals surface area contributed by atoms with Crippen molar-refractivity contribution in [2.75, 3.05) is 39.6 Å². The molecule has 5 atom stereocenters. The second kappa shape index (κ2) is 73.0. The zero-order valence-electron chi connectivity index (χ0n) is 64.6. The maximum absolute atomic E-state index is 13.1. The number of carbonyl (C=O) groups is 4. The molecule has 0 fully saturated rings. The predicted molar refractivity (Wildman–Crippen MR) is 405 cm³/mol. The van der Waals surface area contributed by atoms with Crippen LogP contribution in [0.4, 0.5) is 0 Å². The van der Waals surface area contributed by atoms with Crippen LogP contribution < -0.4 is 0 Å². The molecule has 0 aliphatic carbocycles. The number of rotatable bonds is 80. The molecule has 0 saturated heterocycles. The van der Waals surface area contributed by atoms with Crippen molar-refractivity contribution < 1.29 is 80.2 Å². The first-order valence-electron chi connectivity index (χ1n) is 41.6. The van der Waals surface area contributed by atoms with Crippen LogP contribution in [0.1, 0.15) is 426 Å². The standard InChI is InChI=1S/C80H156O17P2/c1-6-9-12-15-18-21-24-27-29-31-32-33-34-36-38-40-43-46-49-56-61-66-80(85)96-75(69-90-77(82)63-58-53-47-44-42-39-37-35-30-28-25-22-19-16-13-10-7-2)71-94-98(86,87)92-67-74(81)68-93-99(88,89)95-72-76(70-91-78(83)64-59-54-51-50-52-57-62-73(4)5)97-79(84)65-60-55-48-45-41-26-23-20-17-14-11-8-3/h73-76,81H,6-72H2,1-5H3,(H,86,87)(H,88,89)/t74-,75-,76-/m1/s1. The lowest BCUT2D eigenvalue weighted by Gasteiger charge is -2.21. The van der Waals surface area contributed by atoms with Crippen LogP contribution in [0, 0.1) is 5.92 Å². The Hall–Kier alpha value is -1.94. The molecule has 0 radical (unpaired) electrons. The molecule has 0 heterocycles. The van der Waals surface area contributed by atoms with E-state index in [0.29, 0.717) is 31.6 Å². The highest BCUT2D eigenvalue weighted by molar-refractivity contribution is 7.47. The summed E-state index contributed by atoms with van der Waals surface area (Å²) in [5.74, 6) is -1.43. The summed E-state index contributed by atoms with van der Waals surface area (Å²) < 4.78 is 68.6. The van der Waals surface area contributed by atoms with E-state index in [1.807, 2.05) is 0 Å². The second-order valence-corrected chi connectivity index (χ2v) is 32.2. The van der Waals surface area contributed by atoms with E-state index >= 15 is 0 Å². The number of unbranched alkanes of at least 4 members (excludes halogenated alkanes) is 52. The van der Waals surface area contributed by atoms with E-state index < -0.39 is 97.5 Å². The van der Waals surface area contributed by atoms with Crippen LogP contribution >= 0.6 is 15.6 Å². The molecule has 0 aromatic heterocycles. The molecule has 0 saturated carbocycles. The van der Waals surface area contributed by atoms with E-state index in [4.69, 9.17) is 37.0 Å². The Morgan fingerprint density at radius 2 is 0.465 bits per heavy atom. The first kappa shape index (κ1) is 97.1.